The molecule has 0 bridgehead atoms. The minimum Gasteiger partial charge on any atom is -0.366 e. The summed E-state index contributed by atoms with van der Waals surface area (Å²) >= 11 is 0. The molecule has 0 aliphatic heterocycles. The standard InChI is InChI=1S/2C12H27P.C11H7.CH3.Pt/c2*1-4-7-10-13(11-8-5-2)12-9-6-3;1-3-5-11-8-6-10(4-2)7-9-11;;/h2*4-12H2,1-3H3;6-9H,1H3;1H3;/q;;2*-1;+2/p+2. The number of hydrogen-bond acceptors (Lipinski definition) is 0. The van der Waals surface area contributed by atoms with Gasteiger partial charge in [-0.15, -0.1) is 23.6 Å². The molecule has 0 aliphatic rings. The van der Waals surface area contributed by atoms with E-state index in [0.717, 1.165) is 11.1 Å². The van der Waals surface area contributed by atoms with Gasteiger partial charge in [0.15, 0.2) is 0 Å². The van der Waals surface area contributed by atoms with Gasteiger partial charge in [0.1, 0.15) is 0 Å². The SMILES string of the molecule is CCCC[PH+](CCCC)CCCC.CCCC[PH+](CCCC)CCCC.[C-]#Cc1ccc(C#CC)cc1.[CH3-].[Pt+2]. The molecule has 228 valence electrons. The summed E-state index contributed by atoms with van der Waals surface area (Å²) in [6.45, 7) is 15.7. The van der Waals surface area contributed by atoms with Crippen molar-refractivity contribution < 1.29 is 21.1 Å². The zero-order valence-electron chi connectivity index (χ0n) is 27.4. The summed E-state index contributed by atoms with van der Waals surface area (Å²) in [4.78, 5) is 0. The minimum atomic E-state index is 0. The topological polar surface area (TPSA) is 0 Å². The van der Waals surface area contributed by atoms with Crippen LogP contribution in [0.4, 0.5) is 0 Å². The summed E-state index contributed by atoms with van der Waals surface area (Å²) in [6.07, 6.45) is 33.6. The van der Waals surface area contributed by atoms with Crippen molar-refractivity contribution in [3.8, 4) is 17.8 Å². The fourth-order valence-electron chi connectivity index (χ4n) is 4.09. The van der Waals surface area contributed by atoms with E-state index in [2.05, 4.69) is 59.3 Å². The number of hydrogen-bond donors (Lipinski definition) is 0. The molecule has 0 heterocycles. The van der Waals surface area contributed by atoms with E-state index in [1.165, 1.54) is 77.0 Å². The van der Waals surface area contributed by atoms with Crippen molar-refractivity contribution in [1.82, 2.24) is 0 Å². The minimum absolute atomic E-state index is 0. The van der Waals surface area contributed by atoms with Crippen molar-refractivity contribution in [1.29, 1.82) is 0 Å². The van der Waals surface area contributed by atoms with Gasteiger partial charge in [0.2, 0.25) is 0 Å². The first-order valence-electron chi connectivity index (χ1n) is 15.7. The first kappa shape index (κ1) is 45.9. The van der Waals surface area contributed by atoms with Crippen molar-refractivity contribution in [2.24, 2.45) is 0 Å². The van der Waals surface area contributed by atoms with Crippen LogP contribution < -0.4 is 0 Å². The molecule has 0 nitrogen and oxygen atoms in total. The zero-order chi connectivity index (χ0) is 28.0. The van der Waals surface area contributed by atoms with Gasteiger partial charge in [-0.2, -0.15) is 0 Å². The van der Waals surface area contributed by atoms with E-state index < -0.39 is 0 Å². The van der Waals surface area contributed by atoms with Crippen LogP contribution in [0.25, 0.3) is 0 Å². The van der Waals surface area contributed by atoms with E-state index in [4.69, 9.17) is 6.42 Å². The van der Waals surface area contributed by atoms with Crippen LogP contribution >= 0.6 is 15.8 Å². The summed E-state index contributed by atoms with van der Waals surface area (Å²) in [5, 5.41) is 0. The predicted molar refractivity (Wildman–Crippen MR) is 187 cm³/mol. The van der Waals surface area contributed by atoms with Crippen LogP contribution in [0.15, 0.2) is 24.3 Å². The molecule has 0 aromatic heterocycles. The Balaban J connectivity index is -0.000000230. The maximum absolute atomic E-state index is 6.83. The van der Waals surface area contributed by atoms with Crippen molar-refractivity contribution in [2.75, 3.05) is 37.0 Å². The fraction of sp³-hybridized carbons (Fsp3) is 0.694. The van der Waals surface area contributed by atoms with Crippen LogP contribution in [-0.2, 0) is 21.1 Å². The molecule has 1 aromatic rings. The Hall–Kier alpha value is -0.112. The van der Waals surface area contributed by atoms with E-state index >= 15 is 0 Å². The summed E-state index contributed by atoms with van der Waals surface area (Å²) in [7, 11) is 0.135. The average molecular weight is 756 g/mol. The summed E-state index contributed by atoms with van der Waals surface area (Å²) in [6, 6.07) is 7.42. The normalized spacial score (nSPS) is 9.54. The molecule has 0 atom stereocenters. The Kier molecular flexibility index (Phi) is 44.6. The number of benzene rings is 1. The second-order valence-corrected chi connectivity index (χ2v) is 16.2. The second-order valence-electron chi connectivity index (χ2n) is 10.2. The molecule has 0 radical (unpaired) electrons. The van der Waals surface area contributed by atoms with E-state index in [1.54, 1.807) is 43.9 Å². The zero-order valence-corrected chi connectivity index (χ0v) is 31.6. The van der Waals surface area contributed by atoms with Gasteiger partial charge in [-0.05, 0) is 45.4 Å². The van der Waals surface area contributed by atoms with Crippen LogP contribution in [0.2, 0.25) is 0 Å². The van der Waals surface area contributed by atoms with Gasteiger partial charge in [0.25, 0.3) is 0 Å². The number of rotatable bonds is 18. The Bertz CT molecular complexity index is 619. The molecule has 0 spiro atoms. The maximum Gasteiger partial charge on any atom is 2.00 e. The summed E-state index contributed by atoms with van der Waals surface area (Å²) < 4.78 is 0. The van der Waals surface area contributed by atoms with Crippen LogP contribution in [0.3, 0.4) is 0 Å². The first-order valence-corrected chi connectivity index (χ1v) is 19.9. The van der Waals surface area contributed by atoms with E-state index in [0.29, 0.717) is 0 Å². The molecule has 1 rings (SSSR count). The van der Waals surface area contributed by atoms with Gasteiger partial charge < -0.3 is 13.9 Å². The third-order valence-electron chi connectivity index (χ3n) is 6.60. The van der Waals surface area contributed by atoms with E-state index in [-0.39, 0.29) is 44.3 Å². The van der Waals surface area contributed by atoms with Crippen LogP contribution in [-0.4, -0.2) is 37.0 Å². The maximum atomic E-state index is 6.83. The Labute approximate surface area is 265 Å². The van der Waals surface area contributed by atoms with Crippen molar-refractivity contribution in [3.63, 3.8) is 0 Å². The molecule has 0 fully saturated rings. The van der Waals surface area contributed by atoms with Crippen LogP contribution in [0.1, 0.15) is 137 Å². The molecule has 0 aliphatic carbocycles. The smallest absolute Gasteiger partial charge is 0.366 e. The van der Waals surface area contributed by atoms with E-state index in [1.807, 2.05) is 24.3 Å². The Morgan fingerprint density at radius 1 is 0.538 bits per heavy atom. The quantitative estimate of drug-likeness (QED) is 0.0795. The monoisotopic (exact) mass is 755 g/mol. The molecule has 0 saturated carbocycles. The summed E-state index contributed by atoms with van der Waals surface area (Å²) in [5.41, 5.74) is 1.76. The van der Waals surface area contributed by atoms with Gasteiger partial charge in [-0.1, -0.05) is 98.1 Å². The Morgan fingerprint density at radius 2 is 0.795 bits per heavy atom. The average Bonchev–Trinajstić information content (AvgIpc) is 2.93. The molecule has 0 N–H and O–H groups in total. The molecule has 0 saturated heterocycles. The van der Waals surface area contributed by atoms with Crippen molar-refractivity contribution in [2.45, 2.75) is 126 Å². The predicted octanol–water partition coefficient (Wildman–Crippen LogP) is 11.6. The van der Waals surface area contributed by atoms with Gasteiger partial charge in [-0.3, -0.25) is 5.92 Å². The van der Waals surface area contributed by atoms with Gasteiger partial charge in [0, 0.05) is 21.4 Å². The third kappa shape index (κ3) is 32.3. The molecule has 3 heteroatoms. The molecule has 1 aromatic carbocycles. The molecule has 39 heavy (non-hydrogen) atoms. The van der Waals surface area contributed by atoms with Crippen molar-refractivity contribution in [3.05, 3.63) is 49.2 Å². The third-order valence-corrected chi connectivity index (χ3v) is 13.0. The van der Waals surface area contributed by atoms with Gasteiger partial charge in [0.05, 0.1) is 37.0 Å². The van der Waals surface area contributed by atoms with E-state index in [9.17, 15) is 0 Å². The molecule has 0 amide bonds. The molecular weight excluding hydrogens is 689 g/mol. The second kappa shape index (κ2) is 37.9. The van der Waals surface area contributed by atoms with Gasteiger partial charge >= 0.3 is 21.1 Å². The number of unbranched alkanes of at least 4 members (excludes halogenated alkanes) is 6. The summed E-state index contributed by atoms with van der Waals surface area (Å²) in [5.74, 6) is 8.02. The fourth-order valence-corrected chi connectivity index (χ4v) is 10.7. The molecular formula is C36H66P2Pt+2. The largest absolute Gasteiger partial charge is 2.00 e. The Morgan fingerprint density at radius 3 is 1.00 bits per heavy atom. The van der Waals surface area contributed by atoms with Crippen LogP contribution in [0.5, 0.6) is 0 Å². The van der Waals surface area contributed by atoms with Gasteiger partial charge in [-0.25, -0.2) is 0 Å². The van der Waals surface area contributed by atoms with Crippen molar-refractivity contribution >= 4 is 15.8 Å². The first-order chi connectivity index (χ1) is 18.1. The van der Waals surface area contributed by atoms with Crippen LogP contribution in [0, 0.1) is 31.6 Å². The molecule has 0 unspecified atom stereocenters.